The monoisotopic (exact) mass is 247 g/mol. The molecule has 7 heteroatoms. The molecule has 0 saturated heterocycles. The van der Waals surface area contributed by atoms with Gasteiger partial charge in [0.2, 0.25) is 0 Å². The summed E-state index contributed by atoms with van der Waals surface area (Å²) in [5, 5.41) is 10.6. The predicted molar refractivity (Wildman–Crippen MR) is 63.5 cm³/mol. The summed E-state index contributed by atoms with van der Waals surface area (Å²) in [4.78, 5) is 34.4. The van der Waals surface area contributed by atoms with Crippen LogP contribution in [0.5, 0.6) is 0 Å². The van der Waals surface area contributed by atoms with Crippen LogP contribution in [-0.2, 0) is 6.54 Å². The van der Waals surface area contributed by atoms with E-state index in [4.69, 9.17) is 0 Å². The molecule has 7 nitrogen and oxygen atoms in total. The van der Waals surface area contributed by atoms with Gasteiger partial charge in [0.15, 0.2) is 0 Å². The molecule has 2 rings (SSSR count). The molecule has 1 aromatic heterocycles. The van der Waals surface area contributed by atoms with E-state index in [1.165, 1.54) is 0 Å². The quantitative estimate of drug-likeness (QED) is 0.630. The largest absolute Gasteiger partial charge is 0.350 e. The first-order valence-corrected chi connectivity index (χ1v) is 5.10. The second kappa shape index (κ2) is 4.66. The Bertz CT molecular complexity index is 687. The van der Waals surface area contributed by atoms with E-state index in [9.17, 15) is 19.7 Å². The van der Waals surface area contributed by atoms with Crippen LogP contribution in [0.25, 0.3) is 0 Å². The van der Waals surface area contributed by atoms with Gasteiger partial charge in [0.25, 0.3) is 0 Å². The molecular weight excluding hydrogens is 238 g/mol. The summed E-state index contributed by atoms with van der Waals surface area (Å²) in [6, 6.07) is 8.97. The molecule has 0 aliphatic carbocycles. The maximum atomic E-state index is 11.5. The third kappa shape index (κ3) is 2.34. The minimum Gasteiger partial charge on any atom is -0.289 e. The molecule has 18 heavy (non-hydrogen) atoms. The predicted octanol–water partition coefficient (Wildman–Crippen LogP) is 0.493. The first kappa shape index (κ1) is 11.8. The summed E-state index contributed by atoms with van der Waals surface area (Å²) in [5.41, 5.74) is -1.50. The lowest BCUT2D eigenvalue weighted by molar-refractivity contribution is -0.386. The molecule has 0 saturated carbocycles. The fourth-order valence-corrected chi connectivity index (χ4v) is 1.53. The van der Waals surface area contributed by atoms with Crippen molar-refractivity contribution in [2.45, 2.75) is 6.54 Å². The zero-order chi connectivity index (χ0) is 13.1. The van der Waals surface area contributed by atoms with Crippen LogP contribution in [0, 0.1) is 10.1 Å². The average molecular weight is 247 g/mol. The molecule has 0 aliphatic rings. The zero-order valence-electron chi connectivity index (χ0n) is 9.20. The lowest BCUT2D eigenvalue weighted by Crippen LogP contribution is -2.31. The smallest absolute Gasteiger partial charge is 0.289 e. The summed E-state index contributed by atoms with van der Waals surface area (Å²) in [6.07, 6.45) is 0.953. The lowest BCUT2D eigenvalue weighted by Gasteiger charge is -2.04. The highest BCUT2D eigenvalue weighted by atomic mass is 16.6. The Kier molecular flexibility index (Phi) is 3.05. The molecule has 0 atom stereocenters. The highest BCUT2D eigenvalue weighted by molar-refractivity contribution is 5.22. The minimum atomic E-state index is -0.991. The number of hydrogen-bond acceptors (Lipinski definition) is 4. The number of H-pyrrole nitrogens is 1. The molecule has 1 N–H and O–H groups in total. The van der Waals surface area contributed by atoms with E-state index in [0.29, 0.717) is 0 Å². The van der Waals surface area contributed by atoms with E-state index in [2.05, 4.69) is 0 Å². The minimum absolute atomic E-state index is 0.164. The third-order valence-corrected chi connectivity index (χ3v) is 2.38. The van der Waals surface area contributed by atoms with Crippen LogP contribution in [0.15, 0.2) is 46.1 Å². The Balaban J connectivity index is 2.46. The molecule has 0 spiro atoms. The van der Waals surface area contributed by atoms with E-state index in [1.54, 1.807) is 24.3 Å². The maximum Gasteiger partial charge on any atom is 0.350 e. The molecule has 0 amide bonds. The second-order valence-electron chi connectivity index (χ2n) is 3.64. The second-order valence-corrected chi connectivity index (χ2v) is 3.64. The van der Waals surface area contributed by atoms with Crippen molar-refractivity contribution in [3.8, 4) is 0 Å². The van der Waals surface area contributed by atoms with E-state index >= 15 is 0 Å². The first-order chi connectivity index (χ1) is 8.58. The van der Waals surface area contributed by atoms with Crippen LogP contribution in [-0.4, -0.2) is 14.5 Å². The Morgan fingerprint density at radius 3 is 2.50 bits per heavy atom. The number of nitrogens with zero attached hydrogens (tertiary/aromatic N) is 2. The summed E-state index contributed by atoms with van der Waals surface area (Å²) < 4.78 is 1.09. The highest BCUT2D eigenvalue weighted by Crippen LogP contribution is 2.03. The van der Waals surface area contributed by atoms with Crippen LogP contribution in [0.3, 0.4) is 0 Å². The number of rotatable bonds is 3. The fraction of sp³-hybridized carbons (Fsp3) is 0.0909. The van der Waals surface area contributed by atoms with Crippen LogP contribution < -0.4 is 11.2 Å². The summed E-state index contributed by atoms with van der Waals surface area (Å²) in [7, 11) is 0. The fourth-order valence-electron chi connectivity index (χ4n) is 1.53. The van der Waals surface area contributed by atoms with Crippen molar-refractivity contribution in [3.63, 3.8) is 0 Å². The maximum absolute atomic E-state index is 11.5. The van der Waals surface area contributed by atoms with Gasteiger partial charge >= 0.3 is 16.9 Å². The Morgan fingerprint density at radius 1 is 1.22 bits per heavy atom. The van der Waals surface area contributed by atoms with Crippen molar-refractivity contribution in [2.75, 3.05) is 0 Å². The number of hydrogen-bond donors (Lipinski definition) is 1. The molecule has 1 aromatic carbocycles. The summed E-state index contributed by atoms with van der Waals surface area (Å²) in [5.74, 6) is 0. The standard InChI is InChI=1S/C11H9N3O4/c15-10-9(14(17)18)7-13(11(16)12-10)6-8-4-2-1-3-5-8/h1-5,7H,6H2,(H,12,15,16). The third-order valence-electron chi connectivity index (χ3n) is 2.38. The SMILES string of the molecule is O=c1[nH]c(=O)n(Cc2ccccc2)cc1[N+](=O)[O-]. The van der Waals surface area contributed by atoms with Gasteiger partial charge in [0, 0.05) is 0 Å². The normalized spacial score (nSPS) is 10.2. The Morgan fingerprint density at radius 2 is 1.89 bits per heavy atom. The van der Waals surface area contributed by atoms with Gasteiger partial charge in [-0.1, -0.05) is 30.3 Å². The molecule has 2 aromatic rings. The van der Waals surface area contributed by atoms with Gasteiger partial charge in [-0.3, -0.25) is 24.5 Å². The van der Waals surface area contributed by atoms with Crippen LogP contribution in [0.4, 0.5) is 5.69 Å². The number of aromatic nitrogens is 2. The Labute approximate surface area is 100 Å². The van der Waals surface area contributed by atoms with Crippen molar-refractivity contribution in [1.29, 1.82) is 0 Å². The molecule has 1 heterocycles. The molecule has 0 unspecified atom stereocenters. The lowest BCUT2D eigenvalue weighted by atomic mass is 10.2. The van der Waals surface area contributed by atoms with Crippen LogP contribution in [0.2, 0.25) is 0 Å². The highest BCUT2D eigenvalue weighted by Gasteiger charge is 2.14. The van der Waals surface area contributed by atoms with Crippen molar-refractivity contribution in [3.05, 3.63) is 73.0 Å². The number of nitrogens with one attached hydrogen (secondary N) is 1. The number of nitro groups is 1. The van der Waals surface area contributed by atoms with Crippen molar-refractivity contribution >= 4 is 5.69 Å². The molecule has 92 valence electrons. The van der Waals surface area contributed by atoms with Gasteiger partial charge in [-0.05, 0) is 5.56 Å². The van der Waals surface area contributed by atoms with Gasteiger partial charge in [-0.25, -0.2) is 4.79 Å². The Hall–Kier alpha value is -2.70. The van der Waals surface area contributed by atoms with E-state index < -0.39 is 21.9 Å². The topological polar surface area (TPSA) is 98.0 Å². The van der Waals surface area contributed by atoms with E-state index in [-0.39, 0.29) is 6.54 Å². The molecule has 0 radical (unpaired) electrons. The van der Waals surface area contributed by atoms with Gasteiger partial charge in [-0.15, -0.1) is 0 Å². The summed E-state index contributed by atoms with van der Waals surface area (Å²) in [6.45, 7) is 0.164. The zero-order valence-corrected chi connectivity index (χ0v) is 9.20. The van der Waals surface area contributed by atoms with Crippen molar-refractivity contribution in [1.82, 2.24) is 9.55 Å². The molecule has 0 aliphatic heterocycles. The summed E-state index contributed by atoms with van der Waals surface area (Å²) >= 11 is 0. The average Bonchev–Trinajstić information content (AvgIpc) is 2.33. The number of aromatic amines is 1. The first-order valence-electron chi connectivity index (χ1n) is 5.10. The number of benzene rings is 1. The van der Waals surface area contributed by atoms with Crippen LogP contribution >= 0.6 is 0 Å². The van der Waals surface area contributed by atoms with Crippen molar-refractivity contribution in [2.24, 2.45) is 0 Å². The van der Waals surface area contributed by atoms with Crippen molar-refractivity contribution < 1.29 is 4.92 Å². The molecular formula is C11H9N3O4. The van der Waals surface area contributed by atoms with Gasteiger partial charge in [-0.2, -0.15) is 0 Å². The van der Waals surface area contributed by atoms with E-state index in [1.807, 2.05) is 11.1 Å². The van der Waals surface area contributed by atoms with E-state index in [0.717, 1.165) is 16.3 Å². The van der Waals surface area contributed by atoms with Gasteiger partial charge in [0.1, 0.15) is 0 Å². The molecule has 0 fully saturated rings. The van der Waals surface area contributed by atoms with Gasteiger partial charge < -0.3 is 0 Å². The van der Waals surface area contributed by atoms with Gasteiger partial charge in [0.05, 0.1) is 17.7 Å². The van der Waals surface area contributed by atoms with Crippen LogP contribution in [0.1, 0.15) is 5.56 Å². The molecule has 0 bridgehead atoms.